The van der Waals surface area contributed by atoms with Crippen LogP contribution >= 0.6 is 0 Å². The van der Waals surface area contributed by atoms with Gasteiger partial charge in [0.05, 0.1) is 11.7 Å². The summed E-state index contributed by atoms with van der Waals surface area (Å²) in [6.45, 7) is 0.815. The monoisotopic (exact) mass is 250 g/mol. The van der Waals surface area contributed by atoms with E-state index >= 15 is 0 Å². The predicted octanol–water partition coefficient (Wildman–Crippen LogP) is 2.66. The highest BCUT2D eigenvalue weighted by atomic mass is 15.2. The summed E-state index contributed by atoms with van der Waals surface area (Å²) in [5, 5.41) is 1.02. The molecule has 3 aromatic rings. The summed E-state index contributed by atoms with van der Waals surface area (Å²) in [6.07, 6.45) is 5.11. The Morgan fingerprint density at radius 1 is 1.05 bits per heavy atom. The Kier molecular flexibility index (Phi) is 3.06. The van der Waals surface area contributed by atoms with E-state index in [9.17, 15) is 0 Å². The third-order valence-electron chi connectivity index (χ3n) is 3.04. The number of fused-ring (bicyclic) bond motifs is 1. The van der Waals surface area contributed by atoms with Crippen LogP contribution in [0.1, 0.15) is 5.56 Å². The van der Waals surface area contributed by atoms with Gasteiger partial charge in [-0.1, -0.05) is 30.3 Å². The maximum Gasteiger partial charge on any atom is 0.140 e. The molecule has 0 saturated heterocycles. The molecule has 2 aromatic heterocycles. The van der Waals surface area contributed by atoms with Crippen LogP contribution in [0.25, 0.3) is 10.9 Å². The molecule has 94 valence electrons. The van der Waals surface area contributed by atoms with Gasteiger partial charge in [-0.15, -0.1) is 0 Å². The number of nitrogens with zero attached hydrogens (tertiary/aromatic N) is 4. The molecule has 0 bridgehead atoms. The summed E-state index contributed by atoms with van der Waals surface area (Å²) >= 11 is 0. The van der Waals surface area contributed by atoms with E-state index < -0.39 is 0 Å². The van der Waals surface area contributed by atoms with Crippen molar-refractivity contribution >= 4 is 16.7 Å². The predicted molar refractivity (Wildman–Crippen MR) is 75.9 cm³/mol. The van der Waals surface area contributed by atoms with Crippen molar-refractivity contribution in [2.75, 3.05) is 11.9 Å². The Hall–Kier alpha value is -2.49. The van der Waals surface area contributed by atoms with E-state index in [-0.39, 0.29) is 0 Å². The number of hydrogen-bond donors (Lipinski definition) is 0. The van der Waals surface area contributed by atoms with Gasteiger partial charge in [-0.3, -0.25) is 4.98 Å². The van der Waals surface area contributed by atoms with Crippen molar-refractivity contribution in [2.24, 2.45) is 0 Å². The van der Waals surface area contributed by atoms with E-state index in [1.165, 1.54) is 5.56 Å². The fraction of sp³-hybridized carbons (Fsp3) is 0.133. The van der Waals surface area contributed by atoms with Crippen molar-refractivity contribution in [2.45, 2.75) is 6.54 Å². The molecule has 0 spiro atoms. The van der Waals surface area contributed by atoms with Gasteiger partial charge in [0.1, 0.15) is 12.1 Å². The second kappa shape index (κ2) is 5.02. The first-order valence-electron chi connectivity index (χ1n) is 6.14. The maximum atomic E-state index is 4.39. The van der Waals surface area contributed by atoms with Gasteiger partial charge in [0.15, 0.2) is 0 Å². The summed E-state index contributed by atoms with van der Waals surface area (Å²) in [5.41, 5.74) is 2.12. The Morgan fingerprint density at radius 2 is 1.89 bits per heavy atom. The van der Waals surface area contributed by atoms with Crippen LogP contribution in [0.3, 0.4) is 0 Å². The van der Waals surface area contributed by atoms with Crippen molar-refractivity contribution in [1.82, 2.24) is 15.0 Å². The number of anilines is 1. The molecule has 4 nitrogen and oxygen atoms in total. The molecule has 0 aliphatic heterocycles. The zero-order valence-electron chi connectivity index (χ0n) is 10.7. The fourth-order valence-corrected chi connectivity index (χ4v) is 2.13. The Balaban J connectivity index is 1.96. The third kappa shape index (κ3) is 2.38. The minimum atomic E-state index is 0.815. The lowest BCUT2D eigenvalue weighted by Crippen LogP contribution is -2.18. The summed E-state index contributed by atoms with van der Waals surface area (Å²) < 4.78 is 0. The van der Waals surface area contributed by atoms with Crippen LogP contribution in [-0.2, 0) is 6.54 Å². The normalized spacial score (nSPS) is 10.6. The molecule has 3 rings (SSSR count). The van der Waals surface area contributed by atoms with Gasteiger partial charge in [-0.2, -0.15) is 0 Å². The summed E-state index contributed by atoms with van der Waals surface area (Å²) in [6, 6.07) is 12.3. The van der Waals surface area contributed by atoms with E-state index in [0.29, 0.717) is 0 Å². The van der Waals surface area contributed by atoms with E-state index in [1.54, 1.807) is 18.7 Å². The largest absolute Gasteiger partial charge is 0.355 e. The minimum Gasteiger partial charge on any atom is -0.355 e. The second-order valence-corrected chi connectivity index (χ2v) is 4.43. The topological polar surface area (TPSA) is 41.9 Å². The highest BCUT2D eigenvalue weighted by Crippen LogP contribution is 2.21. The molecule has 0 unspecified atom stereocenters. The van der Waals surface area contributed by atoms with Crippen LogP contribution in [0.15, 0.2) is 55.1 Å². The number of rotatable bonds is 3. The van der Waals surface area contributed by atoms with Crippen LogP contribution < -0.4 is 4.90 Å². The zero-order chi connectivity index (χ0) is 13.1. The number of benzene rings is 1. The van der Waals surface area contributed by atoms with Crippen molar-refractivity contribution in [3.05, 3.63) is 60.7 Å². The van der Waals surface area contributed by atoms with Crippen LogP contribution in [0.2, 0.25) is 0 Å². The lowest BCUT2D eigenvalue weighted by molar-refractivity contribution is 0.900. The SMILES string of the molecule is CN(Cc1ccccc1)c1ncnc2cnccc12. The second-order valence-electron chi connectivity index (χ2n) is 4.43. The van der Waals surface area contributed by atoms with Gasteiger partial charge >= 0.3 is 0 Å². The summed E-state index contributed by atoms with van der Waals surface area (Å²) in [4.78, 5) is 14.8. The summed E-state index contributed by atoms with van der Waals surface area (Å²) in [5.74, 6) is 0.927. The van der Waals surface area contributed by atoms with Gasteiger partial charge in [-0.05, 0) is 11.6 Å². The average Bonchev–Trinajstić information content (AvgIpc) is 2.47. The highest BCUT2D eigenvalue weighted by Gasteiger charge is 2.08. The third-order valence-corrected chi connectivity index (χ3v) is 3.04. The van der Waals surface area contributed by atoms with Crippen molar-refractivity contribution < 1.29 is 0 Å². The molecule has 0 saturated carbocycles. The van der Waals surface area contributed by atoms with Gasteiger partial charge in [0.2, 0.25) is 0 Å². The van der Waals surface area contributed by atoms with Crippen LogP contribution in [0, 0.1) is 0 Å². The molecule has 0 amide bonds. The first-order chi connectivity index (χ1) is 9.34. The van der Waals surface area contributed by atoms with Crippen molar-refractivity contribution in [1.29, 1.82) is 0 Å². The standard InChI is InChI=1S/C15H14N4/c1-19(10-12-5-3-2-4-6-12)15-13-7-8-16-9-14(13)17-11-18-15/h2-9,11H,10H2,1H3. The van der Waals surface area contributed by atoms with Crippen LogP contribution in [0.5, 0.6) is 0 Å². The molecule has 0 fully saturated rings. The van der Waals surface area contributed by atoms with Gasteiger partial charge < -0.3 is 4.90 Å². The smallest absolute Gasteiger partial charge is 0.140 e. The minimum absolute atomic E-state index is 0.815. The van der Waals surface area contributed by atoms with Crippen LogP contribution in [0.4, 0.5) is 5.82 Å². The van der Waals surface area contributed by atoms with E-state index in [1.807, 2.05) is 31.3 Å². The molecular weight excluding hydrogens is 236 g/mol. The first kappa shape index (κ1) is 11.6. The molecule has 4 heteroatoms. The highest BCUT2D eigenvalue weighted by molar-refractivity contribution is 5.88. The van der Waals surface area contributed by atoms with E-state index in [2.05, 4.69) is 32.0 Å². The van der Waals surface area contributed by atoms with Gasteiger partial charge in [0, 0.05) is 25.2 Å². The van der Waals surface area contributed by atoms with Gasteiger partial charge in [0.25, 0.3) is 0 Å². The average molecular weight is 250 g/mol. The van der Waals surface area contributed by atoms with Crippen LogP contribution in [-0.4, -0.2) is 22.0 Å². The lowest BCUT2D eigenvalue weighted by atomic mass is 10.2. The molecule has 1 aromatic carbocycles. The van der Waals surface area contributed by atoms with Crippen molar-refractivity contribution in [3.8, 4) is 0 Å². The number of aromatic nitrogens is 3. The molecule has 19 heavy (non-hydrogen) atoms. The van der Waals surface area contributed by atoms with Crippen molar-refractivity contribution in [3.63, 3.8) is 0 Å². The molecule has 0 radical (unpaired) electrons. The van der Waals surface area contributed by atoms with E-state index in [0.717, 1.165) is 23.3 Å². The molecular formula is C15H14N4. The maximum absolute atomic E-state index is 4.39. The molecule has 0 aliphatic carbocycles. The van der Waals surface area contributed by atoms with E-state index in [4.69, 9.17) is 0 Å². The molecule has 0 aliphatic rings. The Labute approximate surface area is 111 Å². The molecule has 2 heterocycles. The van der Waals surface area contributed by atoms with Gasteiger partial charge in [-0.25, -0.2) is 9.97 Å². The summed E-state index contributed by atoms with van der Waals surface area (Å²) in [7, 11) is 2.04. The Morgan fingerprint density at radius 3 is 2.74 bits per heavy atom. The quantitative estimate of drug-likeness (QED) is 0.716. The molecule has 0 N–H and O–H groups in total. The fourth-order valence-electron chi connectivity index (χ4n) is 2.13. The number of hydrogen-bond acceptors (Lipinski definition) is 4. The molecule has 0 atom stereocenters. The zero-order valence-corrected chi connectivity index (χ0v) is 10.7. The Bertz CT molecular complexity index is 677. The lowest BCUT2D eigenvalue weighted by Gasteiger charge is -2.19. The first-order valence-corrected chi connectivity index (χ1v) is 6.14. The number of pyridine rings is 1.